The lowest BCUT2D eigenvalue weighted by Crippen LogP contribution is -2.26. The number of hydrogen-bond donors (Lipinski definition) is 2. The lowest BCUT2D eigenvalue weighted by atomic mass is 10.2. The summed E-state index contributed by atoms with van der Waals surface area (Å²) in [7, 11) is 0. The molecular weight excluding hydrogens is 344 g/mol. The third-order valence-electron chi connectivity index (χ3n) is 3.82. The van der Waals surface area contributed by atoms with Gasteiger partial charge in [-0.2, -0.15) is 0 Å². The molecule has 0 saturated carbocycles. The fraction of sp³-hybridized carbons (Fsp3) is 0.400. The summed E-state index contributed by atoms with van der Waals surface area (Å²) >= 11 is 0. The van der Waals surface area contributed by atoms with Crippen molar-refractivity contribution >= 4 is 23.4 Å². The van der Waals surface area contributed by atoms with E-state index in [1.807, 2.05) is 0 Å². The lowest BCUT2D eigenvalue weighted by Gasteiger charge is -2.12. The van der Waals surface area contributed by atoms with Gasteiger partial charge in [0.15, 0.2) is 0 Å². The van der Waals surface area contributed by atoms with E-state index in [2.05, 4.69) is 27.5 Å². The number of unbranched alkanes of at least 4 members (excludes halogenated alkanes) is 2. The van der Waals surface area contributed by atoms with E-state index in [1.165, 1.54) is 0 Å². The molecule has 2 rings (SSSR count). The minimum Gasteiger partial charge on any atom is -0.462 e. The number of rotatable bonds is 9. The second kappa shape index (κ2) is 10.3. The van der Waals surface area contributed by atoms with Crippen molar-refractivity contribution < 1.29 is 14.3 Å². The van der Waals surface area contributed by atoms with Crippen molar-refractivity contribution in [2.75, 3.05) is 18.5 Å². The summed E-state index contributed by atoms with van der Waals surface area (Å²) in [4.78, 5) is 33.0. The molecule has 1 heterocycles. The Balaban J connectivity index is 2.17. The van der Waals surface area contributed by atoms with Crippen LogP contribution in [0.1, 0.15) is 59.8 Å². The topological polar surface area (TPSA) is 93.2 Å². The van der Waals surface area contributed by atoms with Crippen LogP contribution in [0, 0.1) is 6.92 Å². The summed E-state index contributed by atoms with van der Waals surface area (Å²) in [5, 5.41) is 5.96. The second-order valence-corrected chi connectivity index (χ2v) is 6.04. The highest BCUT2D eigenvalue weighted by Gasteiger charge is 2.14. The average molecular weight is 370 g/mol. The van der Waals surface area contributed by atoms with E-state index in [0.717, 1.165) is 19.3 Å². The maximum atomic E-state index is 12.3. The van der Waals surface area contributed by atoms with Crippen molar-refractivity contribution in [3.05, 3.63) is 47.4 Å². The van der Waals surface area contributed by atoms with Gasteiger partial charge in [-0.1, -0.05) is 31.9 Å². The summed E-state index contributed by atoms with van der Waals surface area (Å²) in [5.41, 5.74) is 1.25. The second-order valence-electron chi connectivity index (χ2n) is 6.04. The number of aryl methyl sites for hydroxylation is 1. The smallest absolute Gasteiger partial charge is 0.340 e. The van der Waals surface area contributed by atoms with E-state index < -0.39 is 5.97 Å². The van der Waals surface area contributed by atoms with Crippen LogP contribution in [0.4, 0.5) is 11.5 Å². The minimum atomic E-state index is -0.416. The molecular formula is C20H26N4O3. The van der Waals surface area contributed by atoms with Crippen molar-refractivity contribution in [3.63, 3.8) is 0 Å². The van der Waals surface area contributed by atoms with E-state index in [9.17, 15) is 9.59 Å². The number of hydrogen-bond acceptors (Lipinski definition) is 6. The van der Waals surface area contributed by atoms with Gasteiger partial charge in [0.25, 0.3) is 5.91 Å². The Morgan fingerprint density at radius 1 is 1.11 bits per heavy atom. The summed E-state index contributed by atoms with van der Waals surface area (Å²) in [6, 6.07) is 8.58. The molecule has 0 atom stereocenters. The van der Waals surface area contributed by atoms with Gasteiger partial charge in [-0.3, -0.25) is 4.79 Å². The Hall–Kier alpha value is -2.96. The molecule has 0 spiro atoms. The van der Waals surface area contributed by atoms with Crippen LogP contribution in [-0.2, 0) is 4.74 Å². The summed E-state index contributed by atoms with van der Waals surface area (Å²) in [6.07, 6.45) is 3.10. The zero-order chi connectivity index (χ0) is 19.6. The Bertz CT molecular complexity index is 793. The standard InChI is InChI=1S/C20H26N4O3/c1-4-6-9-12-21-19(25)17-13-18(23-14(3)22-17)24-16-11-8-7-10-15(16)20(26)27-5-2/h7-8,10-11,13H,4-6,9,12H2,1-3H3,(H,21,25)(H,22,23,24). The normalized spacial score (nSPS) is 10.3. The van der Waals surface area contributed by atoms with Crippen LogP contribution in [0.3, 0.4) is 0 Å². The highest BCUT2D eigenvalue weighted by molar-refractivity contribution is 5.97. The fourth-order valence-electron chi connectivity index (χ4n) is 2.53. The number of ether oxygens (including phenoxy) is 1. The summed E-state index contributed by atoms with van der Waals surface area (Å²) in [5.74, 6) is 0.254. The molecule has 144 valence electrons. The van der Waals surface area contributed by atoms with Crippen LogP contribution in [-0.4, -0.2) is 35.0 Å². The van der Waals surface area contributed by atoms with Crippen molar-refractivity contribution in [2.24, 2.45) is 0 Å². The highest BCUT2D eigenvalue weighted by atomic mass is 16.5. The monoisotopic (exact) mass is 370 g/mol. The van der Waals surface area contributed by atoms with Crippen molar-refractivity contribution in [3.8, 4) is 0 Å². The molecule has 0 aliphatic rings. The zero-order valence-electron chi connectivity index (χ0n) is 16.0. The first-order valence-electron chi connectivity index (χ1n) is 9.22. The van der Waals surface area contributed by atoms with Crippen LogP contribution in [0.2, 0.25) is 0 Å². The first kappa shape index (κ1) is 20.4. The van der Waals surface area contributed by atoms with Gasteiger partial charge in [0, 0.05) is 12.6 Å². The maximum Gasteiger partial charge on any atom is 0.340 e. The molecule has 0 aliphatic carbocycles. The van der Waals surface area contributed by atoms with Crippen LogP contribution >= 0.6 is 0 Å². The first-order valence-corrected chi connectivity index (χ1v) is 9.22. The number of esters is 1. The summed E-state index contributed by atoms with van der Waals surface area (Å²) < 4.78 is 5.08. The molecule has 2 aromatic rings. The molecule has 1 aromatic heterocycles. The van der Waals surface area contributed by atoms with Crippen molar-refractivity contribution in [1.29, 1.82) is 0 Å². The van der Waals surface area contributed by atoms with E-state index in [-0.39, 0.29) is 11.6 Å². The Morgan fingerprint density at radius 3 is 2.63 bits per heavy atom. The molecule has 0 aliphatic heterocycles. The molecule has 1 amide bonds. The Kier molecular flexibility index (Phi) is 7.73. The molecule has 27 heavy (non-hydrogen) atoms. The van der Waals surface area contributed by atoms with Gasteiger partial charge in [0.2, 0.25) is 0 Å². The lowest BCUT2D eigenvalue weighted by molar-refractivity contribution is 0.0527. The van der Waals surface area contributed by atoms with Gasteiger partial charge in [0.1, 0.15) is 17.3 Å². The quantitative estimate of drug-likeness (QED) is 0.517. The van der Waals surface area contributed by atoms with E-state index in [0.29, 0.717) is 36.0 Å². The number of anilines is 2. The predicted molar refractivity (Wildman–Crippen MR) is 104 cm³/mol. The molecule has 0 fully saturated rings. The number of nitrogens with one attached hydrogen (secondary N) is 2. The van der Waals surface area contributed by atoms with Crippen LogP contribution in [0.25, 0.3) is 0 Å². The number of nitrogens with zero attached hydrogens (tertiary/aromatic N) is 2. The van der Waals surface area contributed by atoms with Gasteiger partial charge in [-0.05, 0) is 32.4 Å². The van der Waals surface area contributed by atoms with Gasteiger partial charge in [0.05, 0.1) is 17.9 Å². The molecule has 1 aromatic carbocycles. The average Bonchev–Trinajstić information content (AvgIpc) is 2.65. The van der Waals surface area contributed by atoms with E-state index in [4.69, 9.17) is 4.74 Å². The number of amides is 1. The van der Waals surface area contributed by atoms with E-state index in [1.54, 1.807) is 44.2 Å². The van der Waals surface area contributed by atoms with Crippen LogP contribution in [0.5, 0.6) is 0 Å². The van der Waals surface area contributed by atoms with Crippen LogP contribution < -0.4 is 10.6 Å². The van der Waals surface area contributed by atoms with E-state index >= 15 is 0 Å². The number of aromatic nitrogens is 2. The number of benzene rings is 1. The largest absolute Gasteiger partial charge is 0.462 e. The molecule has 0 unspecified atom stereocenters. The van der Waals surface area contributed by atoms with Gasteiger partial charge >= 0.3 is 5.97 Å². The van der Waals surface area contributed by atoms with Gasteiger partial charge in [-0.15, -0.1) is 0 Å². The Morgan fingerprint density at radius 2 is 1.89 bits per heavy atom. The number of carbonyl (C=O) groups excluding carboxylic acids is 2. The first-order chi connectivity index (χ1) is 13.0. The maximum absolute atomic E-state index is 12.3. The fourth-order valence-corrected chi connectivity index (χ4v) is 2.53. The third-order valence-corrected chi connectivity index (χ3v) is 3.82. The van der Waals surface area contributed by atoms with Crippen molar-refractivity contribution in [1.82, 2.24) is 15.3 Å². The zero-order valence-corrected chi connectivity index (χ0v) is 16.0. The van der Waals surface area contributed by atoms with Gasteiger partial charge < -0.3 is 15.4 Å². The predicted octanol–water partition coefficient (Wildman–Crippen LogP) is 3.63. The van der Waals surface area contributed by atoms with Gasteiger partial charge in [-0.25, -0.2) is 14.8 Å². The molecule has 7 nitrogen and oxygen atoms in total. The number of para-hydroxylation sites is 1. The third kappa shape index (κ3) is 6.06. The molecule has 0 bridgehead atoms. The number of carbonyl (C=O) groups is 2. The summed E-state index contributed by atoms with van der Waals surface area (Å²) in [6.45, 7) is 6.50. The van der Waals surface area contributed by atoms with Crippen LogP contribution in [0.15, 0.2) is 30.3 Å². The minimum absolute atomic E-state index is 0.238. The molecule has 2 N–H and O–H groups in total. The molecule has 0 saturated heterocycles. The molecule has 7 heteroatoms. The Labute approximate surface area is 159 Å². The molecule has 0 radical (unpaired) electrons. The SMILES string of the molecule is CCCCCNC(=O)c1cc(Nc2ccccc2C(=O)OCC)nc(C)n1. The highest BCUT2D eigenvalue weighted by Crippen LogP contribution is 2.21. The van der Waals surface area contributed by atoms with Crippen molar-refractivity contribution in [2.45, 2.75) is 40.0 Å².